The molecule has 4 rings (SSSR count). The number of pyridine rings is 1. The van der Waals surface area contributed by atoms with E-state index in [-0.39, 0.29) is 34.3 Å². The number of hydrogen-bond acceptors (Lipinski definition) is 6. The van der Waals surface area contributed by atoms with E-state index in [1.807, 2.05) is 0 Å². The molecule has 32 heavy (non-hydrogen) atoms. The van der Waals surface area contributed by atoms with Gasteiger partial charge >= 0.3 is 5.69 Å². The molecular formula is C21H17F2N5O3S. The van der Waals surface area contributed by atoms with E-state index in [4.69, 9.17) is 0 Å². The number of benzene rings is 1. The summed E-state index contributed by atoms with van der Waals surface area (Å²) in [4.78, 5) is 42.6. The Bertz CT molecular complexity index is 1350. The maximum atomic E-state index is 13.6. The Kier molecular flexibility index (Phi) is 5.91. The topological polar surface area (TPSA) is 98.0 Å². The minimum atomic E-state index is -1.07. The smallest absolute Gasteiger partial charge is 0.332 e. The monoisotopic (exact) mass is 457 g/mol. The number of anilines is 1. The summed E-state index contributed by atoms with van der Waals surface area (Å²) in [5.41, 5.74) is -0.162. The zero-order chi connectivity index (χ0) is 22.8. The lowest BCUT2D eigenvalue weighted by atomic mass is 10.2. The zero-order valence-corrected chi connectivity index (χ0v) is 17.6. The van der Waals surface area contributed by atoms with Gasteiger partial charge in [-0.3, -0.25) is 23.7 Å². The van der Waals surface area contributed by atoms with Gasteiger partial charge < -0.3 is 10.6 Å². The third-order valence-electron chi connectivity index (χ3n) is 4.81. The minimum absolute atomic E-state index is 0.145. The van der Waals surface area contributed by atoms with Crippen molar-refractivity contribution in [3.63, 3.8) is 0 Å². The Morgan fingerprint density at radius 3 is 2.59 bits per heavy atom. The first kappa shape index (κ1) is 21.5. The highest BCUT2D eigenvalue weighted by atomic mass is 32.2. The molecule has 0 saturated carbocycles. The van der Waals surface area contributed by atoms with Crippen LogP contribution < -0.4 is 21.9 Å². The first-order valence-corrected chi connectivity index (χ1v) is 10.3. The highest BCUT2D eigenvalue weighted by molar-refractivity contribution is 8.04. The second kappa shape index (κ2) is 8.79. The number of halogens is 2. The number of rotatable bonds is 5. The fraction of sp³-hybridized carbons (Fsp3) is 0.143. The SMILES string of the molecule is Cn1c2c(c(=O)n(Cc3ccc(F)c(F)c3)c1=O)SC(C(=O)NCc1ccncc1)=CN2. The van der Waals surface area contributed by atoms with E-state index in [0.717, 1.165) is 34.0 Å². The van der Waals surface area contributed by atoms with E-state index in [9.17, 15) is 23.2 Å². The number of carbonyl (C=O) groups is 1. The molecule has 1 aliphatic heterocycles. The van der Waals surface area contributed by atoms with Crippen molar-refractivity contribution < 1.29 is 13.6 Å². The second-order valence-corrected chi connectivity index (χ2v) is 8.00. The number of aromatic nitrogens is 3. The molecule has 3 heterocycles. The molecule has 0 bridgehead atoms. The number of carbonyl (C=O) groups excluding carboxylic acids is 1. The lowest BCUT2D eigenvalue weighted by molar-refractivity contribution is -0.117. The van der Waals surface area contributed by atoms with Gasteiger partial charge in [0.2, 0.25) is 0 Å². The van der Waals surface area contributed by atoms with Crippen molar-refractivity contribution >= 4 is 23.5 Å². The van der Waals surface area contributed by atoms with Crippen LogP contribution in [0, 0.1) is 11.6 Å². The van der Waals surface area contributed by atoms with Crippen LogP contribution in [0.4, 0.5) is 14.6 Å². The number of amides is 1. The van der Waals surface area contributed by atoms with Gasteiger partial charge in [0.05, 0.1) is 11.4 Å². The second-order valence-electron chi connectivity index (χ2n) is 6.95. The number of nitrogens with one attached hydrogen (secondary N) is 2. The molecule has 0 spiro atoms. The van der Waals surface area contributed by atoms with Gasteiger partial charge in [0.1, 0.15) is 10.7 Å². The van der Waals surface area contributed by atoms with Crippen molar-refractivity contribution in [1.29, 1.82) is 0 Å². The average Bonchev–Trinajstić information content (AvgIpc) is 2.81. The Morgan fingerprint density at radius 2 is 1.88 bits per heavy atom. The van der Waals surface area contributed by atoms with Crippen molar-refractivity contribution in [1.82, 2.24) is 19.4 Å². The van der Waals surface area contributed by atoms with E-state index < -0.39 is 28.8 Å². The number of thioether (sulfide) groups is 1. The van der Waals surface area contributed by atoms with Crippen LogP contribution in [0.3, 0.4) is 0 Å². The highest BCUT2D eigenvalue weighted by Gasteiger charge is 2.25. The van der Waals surface area contributed by atoms with E-state index in [2.05, 4.69) is 15.6 Å². The van der Waals surface area contributed by atoms with Crippen LogP contribution >= 0.6 is 11.8 Å². The Hall–Kier alpha value is -3.73. The van der Waals surface area contributed by atoms with Crippen LogP contribution in [0.5, 0.6) is 0 Å². The minimum Gasteiger partial charge on any atom is -0.347 e. The van der Waals surface area contributed by atoms with E-state index in [1.165, 1.54) is 23.9 Å². The summed E-state index contributed by atoms with van der Waals surface area (Å²) in [6.07, 6.45) is 4.65. The van der Waals surface area contributed by atoms with Crippen molar-refractivity contribution in [2.75, 3.05) is 5.32 Å². The molecule has 0 aliphatic carbocycles. The summed E-state index contributed by atoms with van der Waals surface area (Å²) >= 11 is 0.927. The molecule has 2 N–H and O–H groups in total. The number of nitrogens with zero attached hydrogens (tertiary/aromatic N) is 3. The van der Waals surface area contributed by atoms with E-state index in [1.54, 1.807) is 24.5 Å². The molecule has 0 saturated heterocycles. The van der Waals surface area contributed by atoms with Crippen molar-refractivity contribution in [2.24, 2.45) is 7.05 Å². The molecule has 0 radical (unpaired) electrons. The molecule has 0 fully saturated rings. The summed E-state index contributed by atoms with van der Waals surface area (Å²) in [5.74, 6) is -2.24. The van der Waals surface area contributed by atoms with Gasteiger partial charge in [0.25, 0.3) is 11.5 Å². The maximum Gasteiger partial charge on any atom is 0.332 e. The summed E-state index contributed by atoms with van der Waals surface area (Å²) < 4.78 is 28.9. The number of fused-ring (bicyclic) bond motifs is 1. The molecule has 8 nitrogen and oxygen atoms in total. The third-order valence-corrected chi connectivity index (χ3v) is 5.91. The third kappa shape index (κ3) is 4.19. The normalized spacial score (nSPS) is 12.5. The van der Waals surface area contributed by atoms with Gasteiger partial charge in [-0.15, -0.1) is 0 Å². The largest absolute Gasteiger partial charge is 0.347 e. The summed E-state index contributed by atoms with van der Waals surface area (Å²) in [5, 5.41) is 5.60. The first-order chi connectivity index (χ1) is 15.3. The quantitative estimate of drug-likeness (QED) is 0.608. The molecule has 0 atom stereocenters. The molecular weight excluding hydrogens is 440 g/mol. The predicted molar refractivity (Wildman–Crippen MR) is 115 cm³/mol. The van der Waals surface area contributed by atoms with E-state index >= 15 is 0 Å². The molecule has 0 unspecified atom stereocenters. The first-order valence-electron chi connectivity index (χ1n) is 9.44. The van der Waals surface area contributed by atoms with Gasteiger partial charge in [-0.05, 0) is 35.4 Å². The highest BCUT2D eigenvalue weighted by Crippen LogP contribution is 2.33. The standard InChI is InChI=1S/C21H17F2N5O3S/c1-27-18-17(20(30)28(21(27)31)11-13-2-3-14(22)15(23)8-13)32-16(10-25-18)19(29)26-9-12-4-6-24-7-5-12/h2-8,10,25H,9,11H2,1H3,(H,26,29). The molecule has 1 aliphatic rings. The molecule has 1 amide bonds. The van der Waals surface area contributed by atoms with Crippen molar-refractivity contribution in [3.8, 4) is 0 Å². The van der Waals surface area contributed by atoms with Gasteiger partial charge in [-0.1, -0.05) is 17.8 Å². The summed E-state index contributed by atoms with van der Waals surface area (Å²) in [6.45, 7) is 0.0313. The van der Waals surface area contributed by atoms with E-state index in [0.29, 0.717) is 0 Å². The number of hydrogen-bond donors (Lipinski definition) is 2. The fourth-order valence-corrected chi connectivity index (χ4v) is 4.10. The fourth-order valence-electron chi connectivity index (χ4n) is 3.11. The van der Waals surface area contributed by atoms with Crippen LogP contribution in [-0.4, -0.2) is 20.0 Å². The Labute approximate surface area is 184 Å². The van der Waals surface area contributed by atoms with Crippen molar-refractivity contribution in [2.45, 2.75) is 18.0 Å². The Morgan fingerprint density at radius 1 is 1.12 bits per heavy atom. The molecule has 3 aromatic rings. The summed E-state index contributed by atoms with van der Waals surface area (Å²) in [7, 11) is 1.47. The predicted octanol–water partition coefficient (Wildman–Crippen LogP) is 1.94. The van der Waals surface area contributed by atoms with Crippen LogP contribution in [0.2, 0.25) is 0 Å². The summed E-state index contributed by atoms with van der Waals surface area (Å²) in [6, 6.07) is 6.70. The van der Waals surface area contributed by atoms with Gasteiger partial charge in [0, 0.05) is 32.2 Å². The molecule has 1 aromatic carbocycles. The van der Waals surface area contributed by atoms with Gasteiger partial charge in [-0.25, -0.2) is 13.6 Å². The molecule has 11 heteroatoms. The Balaban J connectivity index is 1.60. The average molecular weight is 457 g/mol. The van der Waals surface area contributed by atoms with Crippen LogP contribution in [0.25, 0.3) is 0 Å². The lowest BCUT2D eigenvalue weighted by Crippen LogP contribution is -2.41. The van der Waals surface area contributed by atoms with Gasteiger partial charge in [-0.2, -0.15) is 0 Å². The van der Waals surface area contributed by atoms with Crippen LogP contribution in [0.1, 0.15) is 11.1 Å². The molecule has 2 aromatic heterocycles. The lowest BCUT2D eigenvalue weighted by Gasteiger charge is -2.21. The zero-order valence-electron chi connectivity index (χ0n) is 16.8. The van der Waals surface area contributed by atoms with Gasteiger partial charge in [0.15, 0.2) is 11.6 Å². The van der Waals surface area contributed by atoms with Crippen LogP contribution in [-0.2, 0) is 24.9 Å². The molecule has 164 valence electrons. The van der Waals surface area contributed by atoms with Crippen LogP contribution in [0.15, 0.2) is 68.3 Å². The maximum absolute atomic E-state index is 13.6. The van der Waals surface area contributed by atoms with Crippen molar-refractivity contribution in [3.05, 3.63) is 97.4 Å².